The molecule has 0 heterocycles. The summed E-state index contributed by atoms with van der Waals surface area (Å²) < 4.78 is 0. The van der Waals surface area contributed by atoms with Crippen LogP contribution in [0.1, 0.15) is 22.3 Å². The van der Waals surface area contributed by atoms with Gasteiger partial charge in [0.25, 0.3) is 0 Å². The molecule has 0 spiro atoms. The molecular weight excluding hydrogens is 502 g/mol. The summed E-state index contributed by atoms with van der Waals surface area (Å²) in [6.07, 6.45) is 3.49. The zero-order chi connectivity index (χ0) is 27.5. The molecule has 2 aromatic carbocycles. The van der Waals surface area contributed by atoms with E-state index in [1.165, 1.54) is 55.7 Å². The number of nitrogens with two attached hydrogens (primary N) is 1. The van der Waals surface area contributed by atoms with Crippen molar-refractivity contribution in [2.75, 3.05) is 24.4 Å². The summed E-state index contributed by atoms with van der Waals surface area (Å²) in [5, 5.41) is 22.6. The van der Waals surface area contributed by atoms with E-state index in [-0.39, 0.29) is 12.0 Å². The Labute approximate surface area is 218 Å². The number of nitrogens with zero attached hydrogens (tertiary/aromatic N) is 4. The van der Waals surface area contributed by atoms with E-state index in [9.17, 15) is 19.2 Å². The minimum absolute atomic E-state index is 0.0410. The molecule has 5 N–H and O–H groups in total. The van der Waals surface area contributed by atoms with Gasteiger partial charge in [0.05, 0.1) is 17.7 Å². The van der Waals surface area contributed by atoms with E-state index in [2.05, 4.69) is 27.6 Å². The van der Waals surface area contributed by atoms with Gasteiger partial charge in [0.1, 0.15) is 12.4 Å². The largest absolute Gasteiger partial charge is 0.478 e. The number of carboxylic acids is 1. The van der Waals surface area contributed by atoms with Crippen LogP contribution < -0.4 is 21.5 Å². The summed E-state index contributed by atoms with van der Waals surface area (Å²) in [5.74, 6) is 3.10. The van der Waals surface area contributed by atoms with Gasteiger partial charge in [0.15, 0.2) is 0 Å². The smallest absolute Gasteiger partial charge is 0.335 e. The number of nitrogens with one attached hydrogen (secondary N) is 2. The molecule has 194 valence electrons. The molecule has 2 rings (SSSR count). The monoisotopic (exact) mass is 527 g/mol. The number of rotatable bonds is 11. The molecule has 0 unspecified atom stereocenters. The van der Waals surface area contributed by atoms with E-state index in [0.717, 1.165) is 11.1 Å². The number of halogens is 1. The molecule has 0 aliphatic heterocycles. The Morgan fingerprint density at radius 3 is 2.43 bits per heavy atom. The first-order valence-electron chi connectivity index (χ1n) is 10.7. The molecular formula is C24H26ClN7O5. The van der Waals surface area contributed by atoms with Crippen molar-refractivity contribution in [3.63, 3.8) is 0 Å². The molecule has 0 radical (unpaired) electrons. The number of carbonyl (C=O) groups excluding carboxylic acids is 3. The zero-order valence-corrected chi connectivity index (χ0v) is 20.8. The van der Waals surface area contributed by atoms with Gasteiger partial charge in [0.2, 0.25) is 17.7 Å². The first kappa shape index (κ1) is 28.7. The van der Waals surface area contributed by atoms with E-state index in [4.69, 9.17) is 22.6 Å². The number of hydrazine groups is 1. The van der Waals surface area contributed by atoms with Gasteiger partial charge < -0.3 is 20.6 Å². The van der Waals surface area contributed by atoms with Crippen LogP contribution in [0.15, 0.2) is 58.7 Å². The molecule has 0 bridgehead atoms. The van der Waals surface area contributed by atoms with Crippen LogP contribution in [0.5, 0.6) is 0 Å². The quantitative estimate of drug-likeness (QED) is 0.114. The lowest BCUT2D eigenvalue weighted by Gasteiger charge is -2.19. The van der Waals surface area contributed by atoms with E-state index in [1.54, 1.807) is 18.2 Å². The van der Waals surface area contributed by atoms with E-state index in [1.807, 2.05) is 0 Å². The number of aromatic carboxylic acids is 1. The van der Waals surface area contributed by atoms with Crippen molar-refractivity contribution in [1.29, 1.82) is 0 Å². The number of anilines is 2. The molecule has 0 aromatic heterocycles. The highest BCUT2D eigenvalue weighted by atomic mass is 35.5. The zero-order valence-electron chi connectivity index (χ0n) is 20.1. The van der Waals surface area contributed by atoms with Crippen LogP contribution in [0.4, 0.5) is 11.4 Å². The standard InChI is InChI=1S/C24H26ClN7O5/c1-27-28-14-32(26)20-10-7-17(25)12-16(20)6-11-21(33)30-19(13-22(34)31(2)3)23(35)29-18-8-4-15(5-9-18)24(36)37/h4-12,14,19H,1,13,26H2,2-3H3,(H,29,35)(H,30,33)(H,36,37)/b11-6+,28-14-/t19-/m0/s1. The van der Waals surface area contributed by atoms with Gasteiger partial charge in [-0.25, -0.2) is 10.6 Å². The van der Waals surface area contributed by atoms with Gasteiger partial charge in [0, 0.05) is 43.2 Å². The maximum absolute atomic E-state index is 12.9. The maximum atomic E-state index is 12.9. The fourth-order valence-corrected chi connectivity index (χ4v) is 3.11. The Kier molecular flexibility index (Phi) is 10.5. The van der Waals surface area contributed by atoms with Crippen molar-refractivity contribution >= 4 is 65.8 Å². The van der Waals surface area contributed by atoms with Gasteiger partial charge >= 0.3 is 5.97 Å². The number of carboxylic acid groups (broad SMARTS) is 1. The molecule has 0 aliphatic carbocycles. The van der Waals surface area contributed by atoms with Crippen LogP contribution in [0, 0.1) is 0 Å². The fraction of sp³-hybridized carbons (Fsp3) is 0.167. The predicted octanol–water partition coefficient (Wildman–Crippen LogP) is 1.98. The topological polar surface area (TPSA) is 170 Å². The lowest BCUT2D eigenvalue weighted by molar-refractivity contribution is -0.132. The Balaban J connectivity index is 2.22. The van der Waals surface area contributed by atoms with Gasteiger partial charge in [-0.15, -0.1) is 5.10 Å². The van der Waals surface area contributed by atoms with Crippen molar-refractivity contribution in [3.8, 4) is 0 Å². The van der Waals surface area contributed by atoms with Gasteiger partial charge in [-0.05, 0) is 48.5 Å². The molecule has 2 aromatic rings. The third-order valence-corrected chi connectivity index (χ3v) is 5.08. The van der Waals surface area contributed by atoms with Gasteiger partial charge in [-0.2, -0.15) is 5.10 Å². The average molecular weight is 528 g/mol. The van der Waals surface area contributed by atoms with Crippen LogP contribution in [-0.2, 0) is 14.4 Å². The molecule has 37 heavy (non-hydrogen) atoms. The third kappa shape index (κ3) is 8.87. The van der Waals surface area contributed by atoms with Crippen LogP contribution >= 0.6 is 11.6 Å². The lowest BCUT2D eigenvalue weighted by Crippen LogP contribution is -2.46. The van der Waals surface area contributed by atoms with Crippen molar-refractivity contribution in [2.45, 2.75) is 12.5 Å². The molecule has 1 atom stereocenters. The van der Waals surface area contributed by atoms with Crippen molar-refractivity contribution in [3.05, 3.63) is 64.7 Å². The lowest BCUT2D eigenvalue weighted by atomic mass is 10.1. The predicted molar refractivity (Wildman–Crippen MR) is 142 cm³/mol. The Morgan fingerprint density at radius 1 is 1.16 bits per heavy atom. The highest BCUT2D eigenvalue weighted by Crippen LogP contribution is 2.23. The second kappa shape index (κ2) is 13.5. The van der Waals surface area contributed by atoms with Gasteiger partial charge in [-0.3, -0.25) is 19.4 Å². The second-order valence-corrected chi connectivity index (χ2v) is 8.18. The highest BCUT2D eigenvalue weighted by molar-refractivity contribution is 6.30. The minimum Gasteiger partial charge on any atom is -0.478 e. The number of hydrogen-bond acceptors (Lipinski definition) is 7. The molecule has 0 fully saturated rings. The first-order chi connectivity index (χ1) is 17.5. The van der Waals surface area contributed by atoms with Crippen molar-refractivity contribution in [1.82, 2.24) is 10.2 Å². The summed E-state index contributed by atoms with van der Waals surface area (Å²) in [6, 6.07) is 8.99. The Morgan fingerprint density at radius 2 is 1.84 bits per heavy atom. The van der Waals surface area contributed by atoms with Crippen molar-refractivity contribution < 1.29 is 24.3 Å². The summed E-state index contributed by atoms with van der Waals surface area (Å²) in [6.45, 7) is 3.23. The number of amides is 3. The summed E-state index contributed by atoms with van der Waals surface area (Å²) in [7, 11) is 3.04. The maximum Gasteiger partial charge on any atom is 0.335 e. The summed E-state index contributed by atoms with van der Waals surface area (Å²) in [4.78, 5) is 50.2. The third-order valence-electron chi connectivity index (χ3n) is 4.85. The van der Waals surface area contributed by atoms with Crippen LogP contribution in [0.2, 0.25) is 5.02 Å². The van der Waals surface area contributed by atoms with Crippen LogP contribution in [0.3, 0.4) is 0 Å². The Hall–Kier alpha value is -4.55. The molecule has 0 saturated heterocycles. The molecule has 0 saturated carbocycles. The number of hydrogen-bond donors (Lipinski definition) is 4. The van der Waals surface area contributed by atoms with Gasteiger partial charge in [-0.1, -0.05) is 11.6 Å². The fourth-order valence-electron chi connectivity index (χ4n) is 2.93. The number of carbonyl (C=O) groups is 4. The highest BCUT2D eigenvalue weighted by Gasteiger charge is 2.24. The molecule has 3 amide bonds. The average Bonchev–Trinajstić information content (AvgIpc) is 2.85. The second-order valence-electron chi connectivity index (χ2n) is 7.74. The summed E-state index contributed by atoms with van der Waals surface area (Å²) >= 11 is 6.07. The van der Waals surface area contributed by atoms with E-state index in [0.29, 0.717) is 22.0 Å². The molecule has 13 heteroatoms. The minimum atomic E-state index is -1.22. The van der Waals surface area contributed by atoms with E-state index >= 15 is 0 Å². The first-order valence-corrected chi connectivity index (χ1v) is 11.0. The van der Waals surface area contributed by atoms with Crippen LogP contribution in [-0.4, -0.2) is 66.9 Å². The van der Waals surface area contributed by atoms with Crippen LogP contribution in [0.25, 0.3) is 6.08 Å². The van der Waals surface area contributed by atoms with E-state index < -0.39 is 29.7 Å². The number of benzene rings is 2. The molecule has 12 nitrogen and oxygen atoms in total. The van der Waals surface area contributed by atoms with Crippen molar-refractivity contribution in [2.24, 2.45) is 16.0 Å². The Bertz CT molecular complexity index is 1230. The normalized spacial score (nSPS) is 11.7. The molecule has 0 aliphatic rings. The summed E-state index contributed by atoms with van der Waals surface area (Å²) in [5.41, 5.74) is 1.25. The SMILES string of the molecule is C=N/N=C\N(N)c1ccc(Cl)cc1/C=C/C(=O)N[C@@H](CC(=O)N(C)C)C(=O)Nc1ccc(C(=O)O)cc1.